The second-order valence-corrected chi connectivity index (χ2v) is 8.01. The molecule has 10 heteroatoms. The van der Waals surface area contributed by atoms with Crippen LogP contribution in [-0.4, -0.2) is 59.7 Å². The fourth-order valence-electron chi connectivity index (χ4n) is 2.78. The van der Waals surface area contributed by atoms with E-state index in [0.717, 1.165) is 0 Å². The molecular weight excluding hydrogens is 358 g/mol. The topological polar surface area (TPSA) is 123 Å². The molecule has 0 radical (unpaired) electrons. The number of rotatable bonds is 6. The smallest absolute Gasteiger partial charge is 0.243 e. The van der Waals surface area contributed by atoms with E-state index in [2.05, 4.69) is 15.0 Å². The molecule has 140 valence electrons. The van der Waals surface area contributed by atoms with Gasteiger partial charge in [0.1, 0.15) is 0 Å². The van der Waals surface area contributed by atoms with Gasteiger partial charge in [-0.05, 0) is 19.1 Å². The number of hydrogen-bond donors (Lipinski definition) is 1. The molecule has 2 heterocycles. The number of carbonyl (C=O) groups excluding carboxylic acids is 1. The molecule has 1 aromatic heterocycles. The molecule has 0 aliphatic carbocycles. The monoisotopic (exact) mass is 379 g/mol. The highest BCUT2D eigenvalue weighted by molar-refractivity contribution is 7.89. The maximum Gasteiger partial charge on any atom is 0.243 e. The molecule has 1 fully saturated rings. The summed E-state index contributed by atoms with van der Waals surface area (Å²) in [6.45, 7) is 4.01. The van der Waals surface area contributed by atoms with E-state index in [-0.39, 0.29) is 17.2 Å². The summed E-state index contributed by atoms with van der Waals surface area (Å²) in [7, 11) is -3.57. The third-order valence-corrected chi connectivity index (χ3v) is 6.19. The molecule has 2 N–H and O–H groups in total. The summed E-state index contributed by atoms with van der Waals surface area (Å²) in [6, 6.07) is 6.03. The number of nitrogens with zero attached hydrogens (tertiary/aromatic N) is 4. The molecular formula is C16H21N5O4S. The van der Waals surface area contributed by atoms with E-state index in [1.54, 1.807) is 0 Å². The SMILES string of the molecule is CC(=O)c1ccc(S(=O)(=O)N2CCN(Cc3noc(CN)n3)CC2)cc1. The lowest BCUT2D eigenvalue weighted by Gasteiger charge is -2.33. The first-order valence-electron chi connectivity index (χ1n) is 8.25. The number of aromatic nitrogens is 2. The molecule has 0 atom stereocenters. The molecule has 3 rings (SSSR count). The van der Waals surface area contributed by atoms with Gasteiger partial charge in [-0.1, -0.05) is 17.3 Å². The van der Waals surface area contributed by atoms with E-state index in [4.69, 9.17) is 10.3 Å². The number of benzene rings is 1. The van der Waals surface area contributed by atoms with Crippen LogP contribution >= 0.6 is 0 Å². The summed E-state index contributed by atoms with van der Waals surface area (Å²) in [5.74, 6) is 0.832. The van der Waals surface area contributed by atoms with E-state index in [0.29, 0.717) is 50.0 Å². The lowest BCUT2D eigenvalue weighted by Crippen LogP contribution is -2.48. The molecule has 9 nitrogen and oxygen atoms in total. The van der Waals surface area contributed by atoms with Crippen molar-refractivity contribution in [3.63, 3.8) is 0 Å². The molecule has 0 amide bonds. The first kappa shape index (κ1) is 18.6. The van der Waals surface area contributed by atoms with Crippen molar-refractivity contribution >= 4 is 15.8 Å². The predicted molar refractivity (Wildman–Crippen MR) is 92.7 cm³/mol. The Labute approximate surface area is 151 Å². The first-order valence-corrected chi connectivity index (χ1v) is 9.69. The zero-order valence-electron chi connectivity index (χ0n) is 14.5. The van der Waals surface area contributed by atoms with Crippen molar-refractivity contribution in [2.45, 2.75) is 24.9 Å². The van der Waals surface area contributed by atoms with Crippen LogP contribution in [0.3, 0.4) is 0 Å². The number of hydrogen-bond acceptors (Lipinski definition) is 8. The van der Waals surface area contributed by atoms with Crippen LogP contribution in [0.2, 0.25) is 0 Å². The van der Waals surface area contributed by atoms with Gasteiger partial charge in [-0.2, -0.15) is 9.29 Å². The number of nitrogens with two attached hydrogens (primary N) is 1. The van der Waals surface area contributed by atoms with Gasteiger partial charge in [-0.3, -0.25) is 9.69 Å². The van der Waals surface area contributed by atoms with Gasteiger partial charge >= 0.3 is 0 Å². The largest absolute Gasteiger partial charge is 0.338 e. The zero-order valence-corrected chi connectivity index (χ0v) is 15.3. The molecule has 2 aromatic rings. The average molecular weight is 379 g/mol. The van der Waals surface area contributed by atoms with Gasteiger partial charge in [0.25, 0.3) is 0 Å². The van der Waals surface area contributed by atoms with Crippen LogP contribution in [0.5, 0.6) is 0 Å². The van der Waals surface area contributed by atoms with Gasteiger partial charge in [0.2, 0.25) is 15.9 Å². The molecule has 0 bridgehead atoms. The van der Waals surface area contributed by atoms with Crippen molar-refractivity contribution in [3.8, 4) is 0 Å². The second kappa shape index (κ2) is 7.62. The molecule has 1 aliphatic rings. The minimum atomic E-state index is -3.57. The van der Waals surface area contributed by atoms with E-state index in [9.17, 15) is 13.2 Å². The van der Waals surface area contributed by atoms with Crippen LogP contribution in [0.25, 0.3) is 0 Å². The molecule has 0 saturated carbocycles. The number of piperazine rings is 1. The summed E-state index contributed by atoms with van der Waals surface area (Å²) in [5.41, 5.74) is 5.93. The van der Waals surface area contributed by atoms with Crippen LogP contribution < -0.4 is 5.73 Å². The maximum atomic E-state index is 12.7. The Bertz CT molecular complexity index is 870. The summed E-state index contributed by atoms with van der Waals surface area (Å²) >= 11 is 0. The number of carbonyl (C=O) groups is 1. The minimum absolute atomic E-state index is 0.0955. The highest BCUT2D eigenvalue weighted by atomic mass is 32.2. The quantitative estimate of drug-likeness (QED) is 0.708. The Kier molecular flexibility index (Phi) is 5.47. The number of sulfonamides is 1. The number of ketones is 1. The molecule has 1 saturated heterocycles. The van der Waals surface area contributed by atoms with E-state index < -0.39 is 10.0 Å². The Hall–Kier alpha value is -2.14. The third-order valence-electron chi connectivity index (χ3n) is 4.28. The van der Waals surface area contributed by atoms with Crippen LogP contribution in [0.1, 0.15) is 29.0 Å². The van der Waals surface area contributed by atoms with Gasteiger partial charge in [0.05, 0.1) is 18.0 Å². The standard InChI is InChI=1S/C16H21N5O4S/c1-12(22)13-2-4-14(5-3-13)26(23,24)21-8-6-20(7-9-21)11-15-18-16(10-17)25-19-15/h2-5H,6-11,17H2,1H3. The van der Waals surface area contributed by atoms with Crippen LogP contribution in [0.4, 0.5) is 0 Å². The van der Waals surface area contributed by atoms with Crippen molar-refractivity contribution in [3.05, 3.63) is 41.5 Å². The molecule has 0 spiro atoms. The Morgan fingerprint density at radius 3 is 2.38 bits per heavy atom. The highest BCUT2D eigenvalue weighted by Crippen LogP contribution is 2.19. The summed E-state index contributed by atoms with van der Waals surface area (Å²) < 4.78 is 31.9. The summed E-state index contributed by atoms with van der Waals surface area (Å²) in [6.07, 6.45) is 0. The van der Waals surface area contributed by atoms with Crippen molar-refractivity contribution in [1.82, 2.24) is 19.3 Å². The van der Waals surface area contributed by atoms with Crippen molar-refractivity contribution < 1.29 is 17.7 Å². The Morgan fingerprint density at radius 2 is 1.85 bits per heavy atom. The summed E-state index contributed by atoms with van der Waals surface area (Å²) in [5, 5.41) is 3.85. The van der Waals surface area contributed by atoms with E-state index >= 15 is 0 Å². The molecule has 0 unspecified atom stereocenters. The van der Waals surface area contributed by atoms with Crippen molar-refractivity contribution in [2.75, 3.05) is 26.2 Å². The number of Topliss-reactive ketones (excluding diaryl/α,β-unsaturated/α-hetero) is 1. The molecule has 1 aromatic carbocycles. The predicted octanol–water partition coefficient (Wildman–Crippen LogP) is 0.237. The first-order chi connectivity index (χ1) is 12.4. The van der Waals surface area contributed by atoms with E-state index in [1.165, 1.54) is 35.5 Å². The second-order valence-electron chi connectivity index (χ2n) is 6.07. The lowest BCUT2D eigenvalue weighted by atomic mass is 10.2. The van der Waals surface area contributed by atoms with Gasteiger partial charge in [0.15, 0.2) is 11.6 Å². The minimum Gasteiger partial charge on any atom is -0.338 e. The van der Waals surface area contributed by atoms with Gasteiger partial charge in [-0.25, -0.2) is 8.42 Å². The Balaban J connectivity index is 1.61. The lowest BCUT2D eigenvalue weighted by molar-refractivity contribution is 0.101. The normalized spacial score (nSPS) is 16.7. The fraction of sp³-hybridized carbons (Fsp3) is 0.438. The third kappa shape index (κ3) is 3.98. The van der Waals surface area contributed by atoms with Crippen LogP contribution in [-0.2, 0) is 23.1 Å². The van der Waals surface area contributed by atoms with Crippen LogP contribution in [0.15, 0.2) is 33.7 Å². The maximum absolute atomic E-state index is 12.7. The Morgan fingerprint density at radius 1 is 1.19 bits per heavy atom. The van der Waals surface area contributed by atoms with Crippen molar-refractivity contribution in [1.29, 1.82) is 0 Å². The average Bonchev–Trinajstić information content (AvgIpc) is 3.10. The van der Waals surface area contributed by atoms with Gasteiger partial charge in [-0.15, -0.1) is 0 Å². The highest BCUT2D eigenvalue weighted by Gasteiger charge is 2.29. The van der Waals surface area contributed by atoms with Crippen LogP contribution in [0, 0.1) is 0 Å². The van der Waals surface area contributed by atoms with Crippen molar-refractivity contribution in [2.24, 2.45) is 5.73 Å². The van der Waals surface area contributed by atoms with E-state index in [1.807, 2.05) is 0 Å². The summed E-state index contributed by atoms with van der Waals surface area (Å²) in [4.78, 5) is 17.7. The molecule has 26 heavy (non-hydrogen) atoms. The fourth-order valence-corrected chi connectivity index (χ4v) is 4.20. The molecule has 1 aliphatic heterocycles. The van der Waals surface area contributed by atoms with Gasteiger partial charge in [0, 0.05) is 31.7 Å². The van der Waals surface area contributed by atoms with Gasteiger partial charge < -0.3 is 10.3 Å². The zero-order chi connectivity index (χ0) is 18.7.